The zero-order valence-electron chi connectivity index (χ0n) is 14.1. The number of aryl methyl sites for hydroxylation is 4. The van der Waals surface area contributed by atoms with E-state index in [4.69, 9.17) is 0 Å². The highest BCUT2D eigenvalue weighted by Gasteiger charge is 2.15. The van der Waals surface area contributed by atoms with Crippen molar-refractivity contribution in [2.45, 2.75) is 60.0 Å². The smallest absolute Gasteiger partial charge is 0.0299 e. The Morgan fingerprint density at radius 3 is 2.14 bits per heavy atom. The molecular formula is C19H27NS. The number of rotatable bonds is 5. The first-order valence-electron chi connectivity index (χ1n) is 7.76. The standard InChI is InChI=1S/C19H27NS/c1-12-9-13(2)19(14(3)10-12)17(6)20-15(4)11-18-8-7-16(5)21-18/h7-10,15,17,20H,11H2,1-6H3. The fourth-order valence-electron chi connectivity index (χ4n) is 3.34. The Kier molecular flexibility index (Phi) is 5.23. The molecule has 1 nitrogen and oxygen atoms in total. The van der Waals surface area contributed by atoms with Gasteiger partial charge < -0.3 is 5.32 Å². The molecule has 2 aromatic rings. The average molecular weight is 301 g/mol. The molecule has 0 spiro atoms. The van der Waals surface area contributed by atoms with Crippen LogP contribution in [-0.4, -0.2) is 6.04 Å². The molecule has 1 heterocycles. The summed E-state index contributed by atoms with van der Waals surface area (Å²) >= 11 is 1.91. The van der Waals surface area contributed by atoms with Gasteiger partial charge in [0.15, 0.2) is 0 Å². The lowest BCUT2D eigenvalue weighted by molar-refractivity contribution is 0.476. The minimum absolute atomic E-state index is 0.390. The Bertz CT molecular complexity index is 589. The Labute approximate surface area is 133 Å². The molecule has 0 radical (unpaired) electrons. The average Bonchev–Trinajstić information content (AvgIpc) is 2.72. The predicted molar refractivity (Wildman–Crippen MR) is 94.4 cm³/mol. The molecule has 2 atom stereocenters. The first-order valence-corrected chi connectivity index (χ1v) is 8.57. The molecule has 0 aliphatic carbocycles. The summed E-state index contributed by atoms with van der Waals surface area (Å²) in [4.78, 5) is 2.87. The van der Waals surface area contributed by atoms with Crippen LogP contribution in [0.5, 0.6) is 0 Å². The molecule has 0 saturated carbocycles. The summed E-state index contributed by atoms with van der Waals surface area (Å²) in [6, 6.07) is 9.91. The third-order valence-electron chi connectivity index (χ3n) is 4.01. The SMILES string of the molecule is Cc1cc(C)c(C(C)NC(C)Cc2ccc(C)s2)c(C)c1. The second-order valence-electron chi connectivity index (χ2n) is 6.32. The van der Waals surface area contributed by atoms with Gasteiger partial charge in [0.2, 0.25) is 0 Å². The molecule has 1 aromatic carbocycles. The highest BCUT2D eigenvalue weighted by Crippen LogP contribution is 2.24. The number of hydrogen-bond donors (Lipinski definition) is 1. The van der Waals surface area contributed by atoms with E-state index in [1.54, 1.807) is 0 Å². The Hall–Kier alpha value is -1.12. The number of nitrogens with one attached hydrogen (secondary N) is 1. The second kappa shape index (κ2) is 6.76. The highest BCUT2D eigenvalue weighted by molar-refractivity contribution is 7.11. The molecule has 0 saturated heterocycles. The number of thiophene rings is 1. The lowest BCUT2D eigenvalue weighted by Gasteiger charge is -2.23. The van der Waals surface area contributed by atoms with Crippen LogP contribution in [0.4, 0.5) is 0 Å². The van der Waals surface area contributed by atoms with Gasteiger partial charge in [-0.1, -0.05) is 17.7 Å². The molecule has 2 heteroatoms. The summed E-state index contributed by atoms with van der Waals surface area (Å²) in [7, 11) is 0. The van der Waals surface area contributed by atoms with Crippen LogP contribution in [0, 0.1) is 27.7 Å². The maximum absolute atomic E-state index is 3.76. The summed E-state index contributed by atoms with van der Waals surface area (Å²) in [6.45, 7) is 13.4. The molecule has 0 fully saturated rings. The van der Waals surface area contributed by atoms with Gasteiger partial charge in [0.1, 0.15) is 0 Å². The van der Waals surface area contributed by atoms with Gasteiger partial charge in [-0.3, -0.25) is 0 Å². The van der Waals surface area contributed by atoms with Gasteiger partial charge in [-0.05, 0) is 76.8 Å². The third kappa shape index (κ3) is 4.18. The van der Waals surface area contributed by atoms with Crippen LogP contribution in [-0.2, 0) is 6.42 Å². The van der Waals surface area contributed by atoms with Gasteiger partial charge in [-0.15, -0.1) is 11.3 Å². The van der Waals surface area contributed by atoms with Crippen molar-refractivity contribution in [2.24, 2.45) is 0 Å². The van der Waals surface area contributed by atoms with E-state index in [-0.39, 0.29) is 0 Å². The maximum atomic E-state index is 3.76. The molecule has 1 aromatic heterocycles. The second-order valence-corrected chi connectivity index (χ2v) is 7.69. The van der Waals surface area contributed by atoms with E-state index in [1.807, 2.05) is 11.3 Å². The Morgan fingerprint density at radius 1 is 1.00 bits per heavy atom. The molecular weight excluding hydrogens is 274 g/mol. The van der Waals surface area contributed by atoms with Gasteiger partial charge in [0.05, 0.1) is 0 Å². The van der Waals surface area contributed by atoms with Crippen molar-refractivity contribution in [1.29, 1.82) is 0 Å². The first-order chi connectivity index (χ1) is 9.86. The van der Waals surface area contributed by atoms with E-state index in [0.717, 1.165) is 6.42 Å². The van der Waals surface area contributed by atoms with Crippen molar-refractivity contribution in [3.8, 4) is 0 Å². The molecule has 114 valence electrons. The van der Waals surface area contributed by atoms with Crippen LogP contribution < -0.4 is 5.32 Å². The van der Waals surface area contributed by atoms with Gasteiger partial charge in [-0.25, -0.2) is 0 Å². The lowest BCUT2D eigenvalue weighted by Crippen LogP contribution is -2.31. The summed E-state index contributed by atoms with van der Waals surface area (Å²) < 4.78 is 0. The molecule has 0 bridgehead atoms. The number of benzene rings is 1. The van der Waals surface area contributed by atoms with E-state index in [1.165, 1.54) is 32.0 Å². The monoisotopic (exact) mass is 301 g/mol. The molecule has 2 rings (SSSR count). The van der Waals surface area contributed by atoms with E-state index >= 15 is 0 Å². The van der Waals surface area contributed by atoms with Gasteiger partial charge in [0, 0.05) is 21.8 Å². The highest BCUT2D eigenvalue weighted by atomic mass is 32.1. The zero-order valence-corrected chi connectivity index (χ0v) is 14.9. The van der Waals surface area contributed by atoms with Crippen molar-refractivity contribution in [1.82, 2.24) is 5.32 Å². The molecule has 1 N–H and O–H groups in total. The van der Waals surface area contributed by atoms with E-state index < -0.39 is 0 Å². The molecule has 0 amide bonds. The van der Waals surface area contributed by atoms with E-state index in [2.05, 4.69) is 71.1 Å². The normalized spacial score (nSPS) is 14.2. The fraction of sp³-hybridized carbons (Fsp3) is 0.474. The lowest BCUT2D eigenvalue weighted by atomic mass is 9.94. The fourth-order valence-corrected chi connectivity index (χ4v) is 4.36. The predicted octanol–water partition coefficient (Wildman–Crippen LogP) is 5.26. The van der Waals surface area contributed by atoms with Crippen LogP contribution in [0.25, 0.3) is 0 Å². The summed E-state index contributed by atoms with van der Waals surface area (Å²) in [5.41, 5.74) is 5.59. The van der Waals surface area contributed by atoms with Gasteiger partial charge in [-0.2, -0.15) is 0 Å². The van der Waals surface area contributed by atoms with Crippen LogP contribution in [0.3, 0.4) is 0 Å². The van der Waals surface area contributed by atoms with Gasteiger partial charge >= 0.3 is 0 Å². The summed E-state index contributed by atoms with van der Waals surface area (Å²) in [5.74, 6) is 0. The molecule has 0 aliphatic heterocycles. The van der Waals surface area contributed by atoms with Crippen molar-refractivity contribution in [2.75, 3.05) is 0 Å². The van der Waals surface area contributed by atoms with Crippen molar-refractivity contribution in [3.05, 3.63) is 56.3 Å². The van der Waals surface area contributed by atoms with E-state index in [9.17, 15) is 0 Å². The van der Waals surface area contributed by atoms with Crippen molar-refractivity contribution >= 4 is 11.3 Å². The quantitative estimate of drug-likeness (QED) is 0.794. The van der Waals surface area contributed by atoms with Crippen molar-refractivity contribution in [3.63, 3.8) is 0 Å². The zero-order chi connectivity index (χ0) is 15.6. The van der Waals surface area contributed by atoms with E-state index in [0.29, 0.717) is 12.1 Å². The van der Waals surface area contributed by atoms with Crippen LogP contribution >= 0.6 is 11.3 Å². The number of hydrogen-bond acceptors (Lipinski definition) is 2. The molecule has 21 heavy (non-hydrogen) atoms. The summed E-state index contributed by atoms with van der Waals surface area (Å²) in [5, 5.41) is 3.76. The minimum atomic E-state index is 0.390. The Balaban J connectivity index is 2.05. The van der Waals surface area contributed by atoms with Gasteiger partial charge in [0.25, 0.3) is 0 Å². The third-order valence-corrected chi connectivity index (χ3v) is 5.03. The first kappa shape index (κ1) is 16.3. The maximum Gasteiger partial charge on any atom is 0.0299 e. The topological polar surface area (TPSA) is 12.0 Å². The van der Waals surface area contributed by atoms with Crippen LogP contribution in [0.2, 0.25) is 0 Å². The minimum Gasteiger partial charge on any atom is -0.307 e. The Morgan fingerprint density at radius 2 is 1.62 bits per heavy atom. The largest absolute Gasteiger partial charge is 0.307 e. The molecule has 0 aliphatic rings. The van der Waals surface area contributed by atoms with Crippen LogP contribution in [0.15, 0.2) is 24.3 Å². The molecule has 2 unspecified atom stereocenters. The summed E-state index contributed by atoms with van der Waals surface area (Å²) in [6.07, 6.45) is 1.10. The van der Waals surface area contributed by atoms with Crippen LogP contribution in [0.1, 0.15) is 51.9 Å². The van der Waals surface area contributed by atoms with Crippen molar-refractivity contribution < 1.29 is 0 Å².